The Kier molecular flexibility index (Phi) is 6.78. The van der Waals surface area contributed by atoms with E-state index < -0.39 is 0 Å². The number of benzene rings is 2. The number of anilines is 1. The Hall–Kier alpha value is -2.71. The molecule has 0 saturated heterocycles. The zero-order valence-corrected chi connectivity index (χ0v) is 17.0. The highest BCUT2D eigenvalue weighted by atomic mass is 35.5. The summed E-state index contributed by atoms with van der Waals surface area (Å²) in [4.78, 5) is 12.2. The van der Waals surface area contributed by atoms with Crippen LogP contribution in [0, 0.1) is 0 Å². The van der Waals surface area contributed by atoms with Gasteiger partial charge in [0.15, 0.2) is 11.0 Å². The number of nitrogens with zero attached hydrogens (tertiary/aromatic N) is 3. The first-order valence-corrected chi connectivity index (χ1v) is 9.76. The Morgan fingerprint density at radius 3 is 2.61 bits per heavy atom. The fourth-order valence-electron chi connectivity index (χ4n) is 2.36. The van der Waals surface area contributed by atoms with Crippen molar-refractivity contribution in [3.63, 3.8) is 0 Å². The lowest BCUT2D eigenvalue weighted by molar-refractivity contribution is -0.113. The van der Waals surface area contributed by atoms with Crippen molar-refractivity contribution < 1.29 is 14.3 Å². The minimum absolute atomic E-state index is 0.161. The number of hydrogen-bond donors (Lipinski definition) is 1. The molecule has 28 heavy (non-hydrogen) atoms. The normalized spacial score (nSPS) is 10.5. The van der Waals surface area contributed by atoms with E-state index in [9.17, 15) is 4.79 Å². The number of amides is 1. The molecule has 0 radical (unpaired) electrons. The number of ether oxygens (including phenoxy) is 2. The number of para-hydroxylation sites is 3. The number of carbonyl (C=O) groups excluding carboxylic acids is 1. The van der Waals surface area contributed by atoms with Gasteiger partial charge >= 0.3 is 0 Å². The van der Waals surface area contributed by atoms with Crippen molar-refractivity contribution >= 4 is 35.0 Å². The lowest BCUT2D eigenvalue weighted by atomic mass is 10.3. The van der Waals surface area contributed by atoms with Crippen molar-refractivity contribution in [1.29, 1.82) is 0 Å². The summed E-state index contributed by atoms with van der Waals surface area (Å²) in [5, 5.41) is 12.2. The number of aromatic nitrogens is 3. The predicted molar refractivity (Wildman–Crippen MR) is 109 cm³/mol. The van der Waals surface area contributed by atoms with Crippen LogP contribution in [0.5, 0.6) is 11.5 Å². The van der Waals surface area contributed by atoms with E-state index in [1.807, 2.05) is 31.3 Å². The average molecular weight is 419 g/mol. The molecule has 1 N–H and O–H groups in total. The van der Waals surface area contributed by atoms with Crippen molar-refractivity contribution in [3.8, 4) is 11.5 Å². The van der Waals surface area contributed by atoms with E-state index in [0.29, 0.717) is 33.2 Å². The number of nitrogens with one attached hydrogen (secondary N) is 1. The minimum Gasteiger partial charge on any atom is -0.495 e. The molecule has 0 atom stereocenters. The van der Waals surface area contributed by atoms with Crippen LogP contribution in [-0.2, 0) is 18.4 Å². The Labute approximate surface area is 172 Å². The SMILES string of the molecule is COc1ccccc1NC(=O)CSc1nnc(COc2ccccc2Cl)n1C. The summed E-state index contributed by atoms with van der Waals surface area (Å²) in [7, 11) is 3.39. The van der Waals surface area contributed by atoms with Gasteiger partial charge in [-0.3, -0.25) is 4.79 Å². The molecule has 1 heterocycles. The molecular formula is C19H19ClN4O3S. The molecule has 0 aliphatic carbocycles. The van der Waals surface area contributed by atoms with Crippen molar-refractivity contribution in [2.75, 3.05) is 18.2 Å². The summed E-state index contributed by atoms with van der Waals surface area (Å²) in [6.07, 6.45) is 0. The van der Waals surface area contributed by atoms with Crippen LogP contribution in [0.1, 0.15) is 5.82 Å². The summed E-state index contributed by atoms with van der Waals surface area (Å²) in [5.74, 6) is 1.85. The van der Waals surface area contributed by atoms with Crippen molar-refractivity contribution in [2.24, 2.45) is 7.05 Å². The maximum Gasteiger partial charge on any atom is 0.234 e. The van der Waals surface area contributed by atoms with Crippen molar-refractivity contribution in [2.45, 2.75) is 11.8 Å². The van der Waals surface area contributed by atoms with E-state index in [-0.39, 0.29) is 18.3 Å². The second kappa shape index (κ2) is 9.48. The summed E-state index contributed by atoms with van der Waals surface area (Å²) < 4.78 is 12.7. The van der Waals surface area contributed by atoms with Gasteiger partial charge in [0.1, 0.15) is 18.1 Å². The average Bonchev–Trinajstić information content (AvgIpc) is 3.06. The van der Waals surface area contributed by atoms with Crippen LogP contribution in [0.3, 0.4) is 0 Å². The quantitative estimate of drug-likeness (QED) is 0.561. The molecule has 0 fully saturated rings. The smallest absolute Gasteiger partial charge is 0.234 e. The fourth-order valence-corrected chi connectivity index (χ4v) is 3.29. The number of methoxy groups -OCH3 is 1. The van der Waals surface area contributed by atoms with Gasteiger partial charge < -0.3 is 19.4 Å². The summed E-state index contributed by atoms with van der Waals surface area (Å²) in [6.45, 7) is 0.223. The van der Waals surface area contributed by atoms with Crippen LogP contribution in [-0.4, -0.2) is 33.5 Å². The van der Waals surface area contributed by atoms with Gasteiger partial charge in [0.05, 0.1) is 23.6 Å². The third kappa shape index (κ3) is 4.96. The van der Waals surface area contributed by atoms with Gasteiger partial charge in [-0.25, -0.2) is 0 Å². The molecule has 0 bridgehead atoms. The van der Waals surface area contributed by atoms with E-state index in [4.69, 9.17) is 21.1 Å². The predicted octanol–water partition coefficient (Wildman–Crippen LogP) is 3.79. The molecule has 7 nitrogen and oxygen atoms in total. The lowest BCUT2D eigenvalue weighted by Gasteiger charge is -2.09. The van der Waals surface area contributed by atoms with Gasteiger partial charge in [-0.2, -0.15) is 0 Å². The molecule has 1 amide bonds. The van der Waals surface area contributed by atoms with E-state index in [2.05, 4.69) is 15.5 Å². The van der Waals surface area contributed by atoms with E-state index >= 15 is 0 Å². The Morgan fingerprint density at radius 2 is 1.86 bits per heavy atom. The molecule has 0 aliphatic heterocycles. The van der Waals surface area contributed by atoms with Gasteiger partial charge in [-0.15, -0.1) is 10.2 Å². The second-order valence-corrected chi connectivity index (χ2v) is 7.06. The lowest BCUT2D eigenvalue weighted by Crippen LogP contribution is -2.15. The van der Waals surface area contributed by atoms with E-state index in [0.717, 1.165) is 0 Å². The second-order valence-electron chi connectivity index (χ2n) is 5.71. The zero-order valence-electron chi connectivity index (χ0n) is 15.4. The molecule has 1 aromatic heterocycles. The van der Waals surface area contributed by atoms with Crippen LogP contribution in [0.2, 0.25) is 5.02 Å². The van der Waals surface area contributed by atoms with Crippen LogP contribution in [0.4, 0.5) is 5.69 Å². The molecule has 3 rings (SSSR count). The first-order chi connectivity index (χ1) is 13.6. The first-order valence-electron chi connectivity index (χ1n) is 8.39. The molecule has 0 saturated carbocycles. The highest BCUT2D eigenvalue weighted by Gasteiger charge is 2.13. The number of hydrogen-bond acceptors (Lipinski definition) is 6. The van der Waals surface area contributed by atoms with Crippen LogP contribution in [0.25, 0.3) is 0 Å². The van der Waals surface area contributed by atoms with Crippen LogP contribution in [0.15, 0.2) is 53.7 Å². The molecule has 9 heteroatoms. The van der Waals surface area contributed by atoms with Gasteiger partial charge in [0.2, 0.25) is 5.91 Å². The van der Waals surface area contributed by atoms with Crippen LogP contribution >= 0.6 is 23.4 Å². The van der Waals surface area contributed by atoms with Crippen molar-refractivity contribution in [3.05, 3.63) is 59.4 Å². The number of thioether (sulfide) groups is 1. The Bertz CT molecular complexity index is 964. The van der Waals surface area contributed by atoms with Gasteiger partial charge in [0.25, 0.3) is 0 Å². The zero-order chi connectivity index (χ0) is 19.9. The molecular weight excluding hydrogens is 400 g/mol. The largest absolute Gasteiger partial charge is 0.495 e. The van der Waals surface area contributed by atoms with Crippen molar-refractivity contribution in [1.82, 2.24) is 14.8 Å². The molecule has 2 aromatic carbocycles. The summed E-state index contributed by atoms with van der Waals surface area (Å²) in [5.41, 5.74) is 0.627. The maximum absolute atomic E-state index is 12.2. The molecule has 0 unspecified atom stereocenters. The maximum atomic E-state index is 12.2. The molecule has 0 aliphatic rings. The highest BCUT2D eigenvalue weighted by Crippen LogP contribution is 2.25. The van der Waals surface area contributed by atoms with Gasteiger partial charge in [0, 0.05) is 7.05 Å². The standard InChI is InChI=1S/C19H19ClN4O3S/c1-24-17(11-27-15-9-5-3-7-13(15)20)22-23-19(24)28-12-18(25)21-14-8-4-6-10-16(14)26-2/h3-10H,11-12H2,1-2H3,(H,21,25). The topological polar surface area (TPSA) is 78.3 Å². The molecule has 3 aromatic rings. The van der Waals surface area contributed by atoms with E-state index in [1.54, 1.807) is 35.9 Å². The highest BCUT2D eigenvalue weighted by molar-refractivity contribution is 7.99. The third-order valence-corrected chi connectivity index (χ3v) is 5.16. The monoisotopic (exact) mass is 418 g/mol. The summed E-state index contributed by atoms with van der Waals surface area (Å²) >= 11 is 7.37. The third-order valence-electron chi connectivity index (χ3n) is 3.83. The Morgan fingerprint density at radius 1 is 1.14 bits per heavy atom. The van der Waals surface area contributed by atoms with Gasteiger partial charge in [-0.1, -0.05) is 47.6 Å². The number of halogens is 1. The van der Waals surface area contributed by atoms with Crippen LogP contribution < -0.4 is 14.8 Å². The fraction of sp³-hybridized carbons (Fsp3) is 0.211. The van der Waals surface area contributed by atoms with Gasteiger partial charge in [-0.05, 0) is 24.3 Å². The summed E-state index contributed by atoms with van der Waals surface area (Å²) in [6, 6.07) is 14.5. The minimum atomic E-state index is -0.161. The van der Waals surface area contributed by atoms with E-state index in [1.165, 1.54) is 11.8 Å². The first kappa shape index (κ1) is 20.0. The molecule has 146 valence electrons. The number of carbonyl (C=O) groups is 1. The number of rotatable bonds is 8. The Balaban J connectivity index is 1.55. The molecule has 0 spiro atoms.